The lowest BCUT2D eigenvalue weighted by Gasteiger charge is -2.48. The summed E-state index contributed by atoms with van der Waals surface area (Å²) >= 11 is 0. The molecule has 1 aromatic rings. The van der Waals surface area contributed by atoms with Crippen LogP contribution in [0.1, 0.15) is 39.7 Å². The van der Waals surface area contributed by atoms with Crippen LogP contribution in [0.15, 0.2) is 36.4 Å². The van der Waals surface area contributed by atoms with Crippen molar-refractivity contribution < 1.29 is 10.2 Å². The van der Waals surface area contributed by atoms with Gasteiger partial charge in [0.25, 0.3) is 0 Å². The number of aliphatic hydroxyl groups is 2. The maximum absolute atomic E-state index is 10.5. The van der Waals surface area contributed by atoms with Crippen LogP contribution in [0, 0.1) is 10.8 Å². The SMILES string of the molecule is CC1(C)C=C(c2ccccc2)C(O)(O)C(C)(C)C1. The van der Waals surface area contributed by atoms with Crippen molar-refractivity contribution in [3.05, 3.63) is 42.0 Å². The second kappa shape index (κ2) is 3.94. The van der Waals surface area contributed by atoms with Gasteiger partial charge < -0.3 is 10.2 Å². The predicted octanol–water partition coefficient (Wildman–Crippen LogP) is 3.21. The van der Waals surface area contributed by atoms with E-state index in [0.29, 0.717) is 5.57 Å². The molecule has 2 heteroatoms. The van der Waals surface area contributed by atoms with Crippen LogP contribution in [0.4, 0.5) is 0 Å². The van der Waals surface area contributed by atoms with E-state index in [1.54, 1.807) is 0 Å². The zero-order valence-corrected chi connectivity index (χ0v) is 11.6. The average Bonchev–Trinajstić information content (AvgIpc) is 2.24. The first-order chi connectivity index (χ1) is 8.16. The fraction of sp³-hybridized carbons (Fsp3) is 0.500. The molecule has 0 saturated heterocycles. The van der Waals surface area contributed by atoms with Gasteiger partial charge in [0, 0.05) is 11.0 Å². The van der Waals surface area contributed by atoms with Crippen LogP contribution in [-0.2, 0) is 0 Å². The Bertz CT molecular complexity index is 467. The highest BCUT2D eigenvalue weighted by Gasteiger charge is 2.51. The number of hydrogen-bond donors (Lipinski definition) is 2. The van der Waals surface area contributed by atoms with Crippen LogP contribution in [0.3, 0.4) is 0 Å². The van der Waals surface area contributed by atoms with Gasteiger partial charge in [-0.1, -0.05) is 64.1 Å². The lowest BCUT2D eigenvalue weighted by molar-refractivity contribution is -0.198. The Morgan fingerprint density at radius 2 is 1.50 bits per heavy atom. The Morgan fingerprint density at radius 3 is 2.06 bits per heavy atom. The Kier molecular flexibility index (Phi) is 2.91. The maximum Gasteiger partial charge on any atom is 0.195 e. The van der Waals surface area contributed by atoms with Gasteiger partial charge in [-0.3, -0.25) is 0 Å². The molecule has 1 aromatic carbocycles. The molecule has 0 heterocycles. The molecule has 2 rings (SSSR count). The van der Waals surface area contributed by atoms with E-state index in [4.69, 9.17) is 0 Å². The summed E-state index contributed by atoms with van der Waals surface area (Å²) < 4.78 is 0. The lowest BCUT2D eigenvalue weighted by atomic mass is 9.62. The van der Waals surface area contributed by atoms with Crippen molar-refractivity contribution in [1.29, 1.82) is 0 Å². The van der Waals surface area contributed by atoms with Crippen molar-refractivity contribution >= 4 is 5.57 Å². The third-order valence-corrected chi connectivity index (χ3v) is 3.84. The molecule has 1 aliphatic rings. The minimum atomic E-state index is -1.79. The van der Waals surface area contributed by atoms with E-state index in [1.165, 1.54) is 0 Å². The van der Waals surface area contributed by atoms with Gasteiger partial charge in [0.1, 0.15) is 0 Å². The minimum absolute atomic E-state index is 0.0381. The third-order valence-electron chi connectivity index (χ3n) is 3.84. The van der Waals surface area contributed by atoms with Gasteiger partial charge in [0.05, 0.1) is 0 Å². The second-order valence-corrected chi connectivity index (χ2v) is 6.65. The fourth-order valence-corrected chi connectivity index (χ4v) is 3.07. The van der Waals surface area contributed by atoms with E-state index >= 15 is 0 Å². The zero-order chi connectivity index (χ0) is 13.6. The van der Waals surface area contributed by atoms with Gasteiger partial charge in [0.15, 0.2) is 5.79 Å². The monoisotopic (exact) mass is 246 g/mol. The van der Waals surface area contributed by atoms with Crippen molar-refractivity contribution in [3.8, 4) is 0 Å². The molecule has 98 valence electrons. The van der Waals surface area contributed by atoms with Crippen LogP contribution in [-0.4, -0.2) is 16.0 Å². The summed E-state index contributed by atoms with van der Waals surface area (Å²) in [7, 11) is 0. The van der Waals surface area contributed by atoms with E-state index in [-0.39, 0.29) is 5.41 Å². The highest BCUT2D eigenvalue weighted by molar-refractivity contribution is 5.73. The predicted molar refractivity (Wildman–Crippen MR) is 73.8 cm³/mol. The maximum atomic E-state index is 10.5. The first-order valence-electron chi connectivity index (χ1n) is 6.39. The molecule has 18 heavy (non-hydrogen) atoms. The molecule has 2 N–H and O–H groups in total. The summed E-state index contributed by atoms with van der Waals surface area (Å²) in [5, 5.41) is 21.1. The molecule has 0 fully saturated rings. The Hall–Kier alpha value is -1.12. The summed E-state index contributed by atoms with van der Waals surface area (Å²) in [4.78, 5) is 0. The van der Waals surface area contributed by atoms with Crippen molar-refractivity contribution in [2.45, 2.75) is 39.9 Å². The van der Waals surface area contributed by atoms with Crippen molar-refractivity contribution in [3.63, 3.8) is 0 Å². The molecule has 0 amide bonds. The van der Waals surface area contributed by atoms with Gasteiger partial charge in [-0.25, -0.2) is 0 Å². The fourth-order valence-electron chi connectivity index (χ4n) is 3.07. The molecule has 0 atom stereocenters. The summed E-state index contributed by atoms with van der Waals surface area (Å²) in [6.07, 6.45) is 2.73. The quantitative estimate of drug-likeness (QED) is 0.747. The highest BCUT2D eigenvalue weighted by atomic mass is 16.5. The Balaban J connectivity index is 2.59. The van der Waals surface area contributed by atoms with Crippen LogP contribution in [0.2, 0.25) is 0 Å². The number of allylic oxidation sites excluding steroid dienone is 1. The van der Waals surface area contributed by atoms with Crippen LogP contribution < -0.4 is 0 Å². The number of rotatable bonds is 1. The molecule has 0 aliphatic heterocycles. The van der Waals surface area contributed by atoms with Crippen molar-refractivity contribution in [1.82, 2.24) is 0 Å². The molecule has 2 nitrogen and oxygen atoms in total. The zero-order valence-electron chi connectivity index (χ0n) is 11.6. The molecule has 0 bridgehead atoms. The second-order valence-electron chi connectivity index (χ2n) is 6.65. The normalized spacial score (nSPS) is 24.4. The Morgan fingerprint density at radius 1 is 0.944 bits per heavy atom. The van der Waals surface area contributed by atoms with E-state index in [2.05, 4.69) is 13.8 Å². The summed E-state index contributed by atoms with van der Waals surface area (Å²) in [5.74, 6) is -1.79. The van der Waals surface area contributed by atoms with Gasteiger partial charge in [0.2, 0.25) is 0 Å². The summed E-state index contributed by atoms with van der Waals surface area (Å²) in [6.45, 7) is 8.08. The highest BCUT2D eigenvalue weighted by Crippen LogP contribution is 2.52. The summed E-state index contributed by atoms with van der Waals surface area (Å²) in [5.41, 5.74) is 0.882. The first-order valence-corrected chi connectivity index (χ1v) is 6.39. The molecule has 0 saturated carbocycles. The van der Waals surface area contributed by atoms with Crippen LogP contribution in [0.25, 0.3) is 5.57 Å². The van der Waals surface area contributed by atoms with Crippen LogP contribution >= 0.6 is 0 Å². The minimum Gasteiger partial charge on any atom is -0.361 e. The number of benzene rings is 1. The molecule has 0 unspecified atom stereocenters. The third kappa shape index (κ3) is 2.11. The van der Waals surface area contributed by atoms with E-state index < -0.39 is 11.2 Å². The average molecular weight is 246 g/mol. The molecular formula is C16H22O2. The van der Waals surface area contributed by atoms with Gasteiger partial charge in [-0.2, -0.15) is 0 Å². The van der Waals surface area contributed by atoms with Gasteiger partial charge in [-0.05, 0) is 17.4 Å². The van der Waals surface area contributed by atoms with Crippen molar-refractivity contribution in [2.24, 2.45) is 10.8 Å². The smallest absolute Gasteiger partial charge is 0.195 e. The molecule has 0 spiro atoms. The van der Waals surface area contributed by atoms with Gasteiger partial charge >= 0.3 is 0 Å². The first kappa shape index (κ1) is 13.3. The molecule has 0 radical (unpaired) electrons. The van der Waals surface area contributed by atoms with E-state index in [1.807, 2.05) is 50.3 Å². The topological polar surface area (TPSA) is 40.5 Å². The van der Waals surface area contributed by atoms with Crippen molar-refractivity contribution in [2.75, 3.05) is 0 Å². The van der Waals surface area contributed by atoms with Gasteiger partial charge in [-0.15, -0.1) is 0 Å². The lowest BCUT2D eigenvalue weighted by Crippen LogP contribution is -2.50. The molecular weight excluding hydrogens is 224 g/mol. The van der Waals surface area contributed by atoms with E-state index in [0.717, 1.165) is 12.0 Å². The largest absolute Gasteiger partial charge is 0.361 e. The number of hydrogen-bond acceptors (Lipinski definition) is 2. The Labute approximate surface area is 109 Å². The molecule has 0 aromatic heterocycles. The standard InChI is InChI=1S/C16H22O2/c1-14(2)10-13(12-8-6-5-7-9-12)16(17,18)15(3,4)11-14/h5-10,17-18H,11H2,1-4H3. The molecule has 1 aliphatic carbocycles. The van der Waals surface area contributed by atoms with Crippen LogP contribution in [0.5, 0.6) is 0 Å². The summed E-state index contributed by atoms with van der Waals surface area (Å²) in [6, 6.07) is 9.61. The van der Waals surface area contributed by atoms with E-state index in [9.17, 15) is 10.2 Å².